The number of hydrogen-bond donors (Lipinski definition) is 1. The number of halogens is 1. The normalized spacial score (nSPS) is 21.6. The lowest BCUT2D eigenvalue weighted by Crippen LogP contribution is -2.28. The van der Waals surface area contributed by atoms with Crippen molar-refractivity contribution < 1.29 is 10.0 Å². The first-order valence-corrected chi connectivity index (χ1v) is 7.81. The quantitative estimate of drug-likeness (QED) is 0.617. The molecule has 6 nitrogen and oxygen atoms in total. The fraction of sp³-hybridized carbons (Fsp3) is 0.188. The minimum Gasteiger partial charge on any atom is -0.373 e. The van der Waals surface area contributed by atoms with E-state index < -0.39 is 9.86 Å². The molecule has 1 aliphatic rings. The van der Waals surface area contributed by atoms with Crippen LogP contribution in [0.4, 0.5) is 11.4 Å². The standard InChI is InChI=1S/C16H15N3O3S.BrH/c1-18-11-16(20,12-7-9-14(10-8-12)19(21)22)23-15(18)17-13-5-3-2-4-6-13;/h2-10,20H,11H2,1H3;1H. The van der Waals surface area contributed by atoms with Crippen molar-refractivity contribution in [3.63, 3.8) is 0 Å². The third-order valence-electron chi connectivity index (χ3n) is 3.55. The Balaban J connectivity index is 0.00000208. The maximum Gasteiger partial charge on any atom is 0.269 e. The van der Waals surface area contributed by atoms with Gasteiger partial charge in [0, 0.05) is 19.2 Å². The van der Waals surface area contributed by atoms with Crippen LogP contribution in [-0.2, 0) is 4.93 Å². The van der Waals surface area contributed by atoms with Crippen LogP contribution in [0, 0.1) is 10.1 Å². The molecule has 24 heavy (non-hydrogen) atoms. The van der Waals surface area contributed by atoms with E-state index in [9.17, 15) is 15.2 Å². The highest BCUT2D eigenvalue weighted by Crippen LogP contribution is 2.42. The Hall–Kier alpha value is -1.90. The average molecular weight is 410 g/mol. The van der Waals surface area contributed by atoms with Crippen molar-refractivity contribution in [2.75, 3.05) is 13.6 Å². The second kappa shape index (κ2) is 7.33. The lowest BCUT2D eigenvalue weighted by Gasteiger charge is -2.20. The van der Waals surface area contributed by atoms with Gasteiger partial charge < -0.3 is 10.0 Å². The van der Waals surface area contributed by atoms with Gasteiger partial charge in [0.05, 0.1) is 17.2 Å². The number of aliphatic hydroxyl groups is 1. The number of likely N-dealkylation sites (N-methyl/N-ethyl adjacent to an activating group) is 1. The summed E-state index contributed by atoms with van der Waals surface area (Å²) in [5.41, 5.74) is 1.44. The molecular weight excluding hydrogens is 394 g/mol. The summed E-state index contributed by atoms with van der Waals surface area (Å²) in [4.78, 5) is 15.5. The number of nitro benzene ring substituents is 1. The minimum absolute atomic E-state index is 0. The van der Waals surface area contributed by atoms with Gasteiger partial charge >= 0.3 is 0 Å². The number of hydrogen-bond acceptors (Lipinski definition) is 5. The Kier molecular flexibility index (Phi) is 5.63. The van der Waals surface area contributed by atoms with Gasteiger partial charge in [0.1, 0.15) is 0 Å². The zero-order chi connectivity index (χ0) is 16.4. The fourth-order valence-electron chi connectivity index (χ4n) is 2.37. The van der Waals surface area contributed by atoms with Gasteiger partial charge in [-0.25, -0.2) is 4.99 Å². The highest BCUT2D eigenvalue weighted by Gasteiger charge is 2.41. The molecule has 1 atom stereocenters. The van der Waals surface area contributed by atoms with E-state index in [1.807, 2.05) is 42.3 Å². The molecule has 8 heteroatoms. The smallest absolute Gasteiger partial charge is 0.269 e. The van der Waals surface area contributed by atoms with Crippen molar-refractivity contribution in [3.05, 3.63) is 70.3 Å². The van der Waals surface area contributed by atoms with E-state index in [1.54, 1.807) is 12.1 Å². The van der Waals surface area contributed by atoms with E-state index in [0.717, 1.165) is 5.69 Å². The van der Waals surface area contributed by atoms with E-state index in [0.29, 0.717) is 17.3 Å². The second-order valence-corrected chi connectivity index (χ2v) is 6.52. The molecule has 1 saturated heterocycles. The van der Waals surface area contributed by atoms with Gasteiger partial charge in [-0.3, -0.25) is 10.1 Å². The number of nitro groups is 1. The van der Waals surface area contributed by atoms with Crippen LogP contribution < -0.4 is 0 Å². The van der Waals surface area contributed by atoms with Crippen molar-refractivity contribution in [1.29, 1.82) is 0 Å². The summed E-state index contributed by atoms with van der Waals surface area (Å²) in [5, 5.41) is 22.3. The highest BCUT2D eigenvalue weighted by atomic mass is 79.9. The van der Waals surface area contributed by atoms with Crippen LogP contribution in [0.15, 0.2) is 59.6 Å². The molecule has 126 valence electrons. The first-order valence-electron chi connectivity index (χ1n) is 6.99. The Bertz CT molecular complexity index is 755. The lowest BCUT2D eigenvalue weighted by atomic mass is 10.1. The number of β-amino-alcohol motifs (C(OH)–C–C–N with tert-alkyl or cyclic N) is 1. The summed E-state index contributed by atoms with van der Waals surface area (Å²) < 4.78 is 0. The SMILES string of the molecule is Br.CN1CC(O)(c2ccc([N+](=O)[O-])cc2)SC1=Nc1ccccc1. The second-order valence-electron chi connectivity index (χ2n) is 5.28. The molecule has 1 fully saturated rings. The molecule has 0 radical (unpaired) electrons. The van der Waals surface area contributed by atoms with Crippen LogP contribution >= 0.6 is 28.7 Å². The summed E-state index contributed by atoms with van der Waals surface area (Å²) in [6.07, 6.45) is 0. The van der Waals surface area contributed by atoms with Crippen molar-refractivity contribution in [2.24, 2.45) is 4.99 Å². The lowest BCUT2D eigenvalue weighted by molar-refractivity contribution is -0.384. The fourth-order valence-corrected chi connectivity index (χ4v) is 3.55. The van der Waals surface area contributed by atoms with Crippen LogP contribution in [0.5, 0.6) is 0 Å². The predicted octanol–water partition coefficient (Wildman–Crippen LogP) is 3.68. The van der Waals surface area contributed by atoms with Gasteiger partial charge in [0.2, 0.25) is 0 Å². The Morgan fingerprint density at radius 2 is 1.83 bits per heavy atom. The first kappa shape index (κ1) is 18.4. The molecule has 1 aliphatic heterocycles. The number of aliphatic imine (C=N–C) groups is 1. The van der Waals surface area contributed by atoms with E-state index in [2.05, 4.69) is 4.99 Å². The zero-order valence-corrected chi connectivity index (χ0v) is 15.4. The summed E-state index contributed by atoms with van der Waals surface area (Å²) in [6, 6.07) is 15.5. The van der Waals surface area contributed by atoms with Crippen LogP contribution in [-0.4, -0.2) is 33.7 Å². The van der Waals surface area contributed by atoms with Gasteiger partial charge in [-0.15, -0.1) is 17.0 Å². The van der Waals surface area contributed by atoms with Crippen LogP contribution in [0.2, 0.25) is 0 Å². The van der Waals surface area contributed by atoms with Crippen LogP contribution in [0.25, 0.3) is 0 Å². The summed E-state index contributed by atoms with van der Waals surface area (Å²) in [5.74, 6) is 0. The Morgan fingerprint density at radius 3 is 2.42 bits per heavy atom. The first-order chi connectivity index (χ1) is 11.0. The highest BCUT2D eigenvalue weighted by molar-refractivity contribution is 8.93. The molecule has 0 amide bonds. The topological polar surface area (TPSA) is 79.0 Å². The van der Waals surface area contributed by atoms with Gasteiger partial charge in [0.25, 0.3) is 5.69 Å². The van der Waals surface area contributed by atoms with Gasteiger partial charge in [0.15, 0.2) is 10.1 Å². The number of nitrogens with zero attached hydrogens (tertiary/aromatic N) is 3. The zero-order valence-electron chi connectivity index (χ0n) is 12.8. The Morgan fingerprint density at radius 1 is 1.21 bits per heavy atom. The third-order valence-corrected chi connectivity index (χ3v) is 4.84. The van der Waals surface area contributed by atoms with Crippen LogP contribution in [0.1, 0.15) is 5.56 Å². The molecule has 0 aliphatic carbocycles. The molecule has 1 unspecified atom stereocenters. The van der Waals surface area contributed by atoms with Crippen molar-refractivity contribution >= 4 is 45.3 Å². The van der Waals surface area contributed by atoms with E-state index >= 15 is 0 Å². The maximum atomic E-state index is 10.9. The maximum absolute atomic E-state index is 10.9. The molecular formula is C16H16BrN3O3S. The van der Waals surface area contributed by atoms with E-state index in [-0.39, 0.29) is 22.7 Å². The van der Waals surface area contributed by atoms with Crippen molar-refractivity contribution in [1.82, 2.24) is 4.90 Å². The molecule has 0 bridgehead atoms. The number of amidine groups is 1. The largest absolute Gasteiger partial charge is 0.373 e. The van der Waals surface area contributed by atoms with Gasteiger partial charge in [-0.2, -0.15) is 0 Å². The summed E-state index contributed by atoms with van der Waals surface area (Å²) in [6.45, 7) is 0.362. The average Bonchev–Trinajstić information content (AvgIpc) is 2.84. The molecule has 0 saturated carbocycles. The third kappa shape index (κ3) is 3.77. The molecule has 3 rings (SSSR count). The van der Waals surface area contributed by atoms with Gasteiger partial charge in [-0.1, -0.05) is 18.2 Å². The van der Waals surface area contributed by atoms with Crippen molar-refractivity contribution in [2.45, 2.75) is 4.93 Å². The molecule has 1 N–H and O–H groups in total. The molecule has 2 aromatic carbocycles. The number of non-ortho nitro benzene ring substituents is 1. The van der Waals surface area contributed by atoms with Crippen LogP contribution in [0.3, 0.4) is 0 Å². The number of benzene rings is 2. The monoisotopic (exact) mass is 409 g/mol. The minimum atomic E-state index is -1.17. The number of para-hydroxylation sites is 1. The number of thioether (sulfide) groups is 1. The van der Waals surface area contributed by atoms with E-state index in [4.69, 9.17) is 0 Å². The van der Waals surface area contributed by atoms with E-state index in [1.165, 1.54) is 23.9 Å². The molecule has 0 spiro atoms. The summed E-state index contributed by atoms with van der Waals surface area (Å²) >= 11 is 1.24. The van der Waals surface area contributed by atoms with Gasteiger partial charge in [-0.05, 0) is 41.6 Å². The Labute approximate surface area is 154 Å². The molecule has 2 aromatic rings. The summed E-state index contributed by atoms with van der Waals surface area (Å²) in [7, 11) is 1.86. The molecule has 1 heterocycles. The predicted molar refractivity (Wildman–Crippen MR) is 101 cm³/mol. The molecule has 0 aromatic heterocycles. The van der Waals surface area contributed by atoms with Crippen molar-refractivity contribution in [3.8, 4) is 0 Å². The number of rotatable bonds is 3.